The Bertz CT molecular complexity index is 1160. The lowest BCUT2D eigenvalue weighted by Gasteiger charge is -2.26. The van der Waals surface area contributed by atoms with Gasteiger partial charge in [0.1, 0.15) is 34.0 Å². The van der Waals surface area contributed by atoms with Crippen LogP contribution in [0.3, 0.4) is 0 Å². The third-order valence-corrected chi connectivity index (χ3v) is 5.94. The van der Waals surface area contributed by atoms with Crippen LogP contribution in [0.5, 0.6) is 17.2 Å². The second kappa shape index (κ2) is 10.3. The first-order valence-electron chi connectivity index (χ1n) is 11.2. The summed E-state index contributed by atoms with van der Waals surface area (Å²) in [4.78, 5) is 15.3. The Morgan fingerprint density at radius 2 is 1.70 bits per heavy atom. The molecule has 0 bridgehead atoms. The average Bonchev–Trinajstić information content (AvgIpc) is 2.82. The van der Waals surface area contributed by atoms with Crippen molar-refractivity contribution in [2.75, 3.05) is 53.7 Å². The summed E-state index contributed by atoms with van der Waals surface area (Å²) in [5.74, 6) is 2.37. The van der Waals surface area contributed by atoms with Gasteiger partial charge in [-0.2, -0.15) is 0 Å². The lowest BCUT2D eigenvalue weighted by atomic mass is 10.0. The standard InChI is InChI=1S/C26H31NO6/c1-17-12-19(13-18(2)26(17)32-9-5-6-27-7-10-31-11-8-27)22-16-21(28)25-23(30-4)14-20(29-3)15-24(25)33-22/h12-16H,5-11H2,1-4H3. The minimum Gasteiger partial charge on any atom is -0.496 e. The smallest absolute Gasteiger partial charge is 0.197 e. The molecule has 0 spiro atoms. The van der Waals surface area contributed by atoms with Crippen LogP contribution < -0.4 is 19.6 Å². The van der Waals surface area contributed by atoms with Crippen molar-refractivity contribution in [2.45, 2.75) is 20.3 Å². The zero-order valence-electron chi connectivity index (χ0n) is 19.7. The van der Waals surface area contributed by atoms with Crippen molar-refractivity contribution in [1.29, 1.82) is 0 Å². The summed E-state index contributed by atoms with van der Waals surface area (Å²) in [6, 6.07) is 8.87. The van der Waals surface area contributed by atoms with Crippen molar-refractivity contribution in [3.8, 4) is 28.6 Å². The van der Waals surface area contributed by atoms with Gasteiger partial charge in [0.15, 0.2) is 5.43 Å². The van der Waals surface area contributed by atoms with E-state index in [0.717, 1.165) is 61.7 Å². The van der Waals surface area contributed by atoms with Gasteiger partial charge in [0.05, 0.1) is 34.0 Å². The van der Waals surface area contributed by atoms with E-state index in [1.165, 1.54) is 13.2 Å². The minimum absolute atomic E-state index is 0.163. The van der Waals surface area contributed by atoms with Crippen LogP contribution in [0, 0.1) is 13.8 Å². The topological polar surface area (TPSA) is 70.4 Å². The molecule has 7 heteroatoms. The van der Waals surface area contributed by atoms with Crippen molar-refractivity contribution in [2.24, 2.45) is 0 Å². The Labute approximate surface area is 193 Å². The molecular formula is C26H31NO6. The quantitative estimate of drug-likeness (QED) is 0.474. The van der Waals surface area contributed by atoms with E-state index in [9.17, 15) is 4.79 Å². The molecule has 0 radical (unpaired) electrons. The number of rotatable bonds is 8. The monoisotopic (exact) mass is 453 g/mol. The van der Waals surface area contributed by atoms with Gasteiger partial charge in [-0.3, -0.25) is 9.69 Å². The van der Waals surface area contributed by atoms with Crippen molar-refractivity contribution < 1.29 is 23.4 Å². The summed E-state index contributed by atoms with van der Waals surface area (Å²) < 4.78 is 28.3. The number of nitrogens with zero attached hydrogens (tertiary/aromatic N) is 1. The number of aryl methyl sites for hydroxylation is 2. The molecule has 1 saturated heterocycles. The van der Waals surface area contributed by atoms with E-state index in [0.29, 0.717) is 34.8 Å². The summed E-state index contributed by atoms with van der Waals surface area (Å²) in [6.45, 7) is 9.29. The molecule has 7 nitrogen and oxygen atoms in total. The Kier molecular flexibility index (Phi) is 7.20. The molecule has 2 aromatic carbocycles. The SMILES string of the molecule is COc1cc(OC)c2c(=O)cc(-c3cc(C)c(OCCCN4CCOCC4)c(C)c3)oc2c1. The van der Waals surface area contributed by atoms with Gasteiger partial charge in [0, 0.05) is 43.4 Å². The first-order chi connectivity index (χ1) is 16.0. The van der Waals surface area contributed by atoms with Gasteiger partial charge >= 0.3 is 0 Å². The summed E-state index contributed by atoms with van der Waals surface area (Å²) in [6.07, 6.45) is 0.962. The molecule has 1 aliphatic heterocycles. The molecule has 0 unspecified atom stereocenters. The largest absolute Gasteiger partial charge is 0.496 e. The lowest BCUT2D eigenvalue weighted by molar-refractivity contribution is 0.0357. The third-order valence-electron chi connectivity index (χ3n) is 5.94. The molecule has 0 saturated carbocycles. The van der Waals surface area contributed by atoms with E-state index in [2.05, 4.69) is 4.90 Å². The first kappa shape index (κ1) is 23.1. The van der Waals surface area contributed by atoms with Crippen LogP contribution in [-0.4, -0.2) is 58.6 Å². The molecule has 33 heavy (non-hydrogen) atoms. The lowest BCUT2D eigenvalue weighted by Crippen LogP contribution is -2.37. The first-order valence-corrected chi connectivity index (χ1v) is 11.2. The molecule has 0 atom stereocenters. The van der Waals surface area contributed by atoms with Gasteiger partial charge in [0.25, 0.3) is 0 Å². The van der Waals surface area contributed by atoms with E-state index in [1.54, 1.807) is 19.2 Å². The number of ether oxygens (including phenoxy) is 4. The fourth-order valence-corrected chi connectivity index (χ4v) is 4.26. The second-order valence-electron chi connectivity index (χ2n) is 8.27. The molecule has 3 aromatic rings. The van der Waals surface area contributed by atoms with Crippen LogP contribution in [0.2, 0.25) is 0 Å². The molecule has 2 heterocycles. The number of morpholine rings is 1. The predicted octanol–water partition coefficient (Wildman–Crippen LogP) is 4.20. The van der Waals surface area contributed by atoms with E-state index in [4.69, 9.17) is 23.4 Å². The maximum Gasteiger partial charge on any atom is 0.197 e. The Morgan fingerprint density at radius 1 is 0.970 bits per heavy atom. The number of fused-ring (bicyclic) bond motifs is 1. The van der Waals surface area contributed by atoms with Crippen LogP contribution >= 0.6 is 0 Å². The van der Waals surface area contributed by atoms with Crippen LogP contribution in [0.25, 0.3) is 22.3 Å². The van der Waals surface area contributed by atoms with Gasteiger partial charge < -0.3 is 23.4 Å². The minimum atomic E-state index is -0.163. The zero-order chi connectivity index (χ0) is 23.4. The van der Waals surface area contributed by atoms with Crippen LogP contribution in [-0.2, 0) is 4.74 Å². The molecule has 0 amide bonds. The van der Waals surface area contributed by atoms with E-state index < -0.39 is 0 Å². The molecular weight excluding hydrogens is 422 g/mol. The summed E-state index contributed by atoms with van der Waals surface area (Å²) >= 11 is 0. The number of hydrogen-bond acceptors (Lipinski definition) is 7. The second-order valence-corrected chi connectivity index (χ2v) is 8.27. The Balaban J connectivity index is 1.55. The normalized spacial score (nSPS) is 14.4. The molecule has 0 aliphatic carbocycles. The number of benzene rings is 2. The molecule has 176 valence electrons. The number of methoxy groups -OCH3 is 2. The Morgan fingerprint density at radius 3 is 2.36 bits per heavy atom. The van der Waals surface area contributed by atoms with Crippen molar-refractivity contribution in [3.63, 3.8) is 0 Å². The van der Waals surface area contributed by atoms with E-state index >= 15 is 0 Å². The highest BCUT2D eigenvalue weighted by molar-refractivity contribution is 5.86. The van der Waals surface area contributed by atoms with Crippen molar-refractivity contribution >= 4 is 11.0 Å². The maximum atomic E-state index is 12.9. The van der Waals surface area contributed by atoms with Crippen molar-refractivity contribution in [1.82, 2.24) is 4.90 Å². The maximum absolute atomic E-state index is 12.9. The fraction of sp³-hybridized carbons (Fsp3) is 0.423. The highest BCUT2D eigenvalue weighted by Crippen LogP contribution is 2.34. The predicted molar refractivity (Wildman–Crippen MR) is 128 cm³/mol. The fourth-order valence-electron chi connectivity index (χ4n) is 4.26. The van der Waals surface area contributed by atoms with E-state index in [1.807, 2.05) is 26.0 Å². The average molecular weight is 454 g/mol. The Hall–Kier alpha value is -3.03. The zero-order valence-corrected chi connectivity index (χ0v) is 19.7. The molecule has 0 N–H and O–H groups in total. The van der Waals surface area contributed by atoms with Gasteiger partial charge in [-0.05, 0) is 43.5 Å². The molecule has 1 aliphatic rings. The summed E-state index contributed by atoms with van der Waals surface area (Å²) in [7, 11) is 3.09. The van der Waals surface area contributed by atoms with Gasteiger partial charge in [-0.15, -0.1) is 0 Å². The van der Waals surface area contributed by atoms with Crippen molar-refractivity contribution in [3.05, 3.63) is 51.7 Å². The molecule has 4 rings (SSSR count). The third kappa shape index (κ3) is 5.15. The van der Waals surface area contributed by atoms with Crippen LogP contribution in [0.15, 0.2) is 39.5 Å². The number of hydrogen-bond donors (Lipinski definition) is 0. The summed E-state index contributed by atoms with van der Waals surface area (Å²) in [5, 5.41) is 0.399. The highest BCUT2D eigenvalue weighted by Gasteiger charge is 2.16. The highest BCUT2D eigenvalue weighted by atomic mass is 16.5. The molecule has 1 fully saturated rings. The van der Waals surface area contributed by atoms with E-state index in [-0.39, 0.29) is 5.43 Å². The van der Waals surface area contributed by atoms with Crippen LogP contribution in [0.1, 0.15) is 17.5 Å². The van der Waals surface area contributed by atoms with Gasteiger partial charge in [-0.1, -0.05) is 0 Å². The summed E-state index contributed by atoms with van der Waals surface area (Å²) in [5.41, 5.74) is 3.09. The van der Waals surface area contributed by atoms with Gasteiger partial charge in [0.2, 0.25) is 0 Å². The molecule has 1 aromatic heterocycles. The van der Waals surface area contributed by atoms with Gasteiger partial charge in [-0.25, -0.2) is 0 Å². The van der Waals surface area contributed by atoms with Crippen LogP contribution in [0.4, 0.5) is 0 Å².